The van der Waals surface area contributed by atoms with Gasteiger partial charge in [0.1, 0.15) is 12.4 Å². The van der Waals surface area contributed by atoms with Crippen molar-refractivity contribution in [2.45, 2.75) is 13.5 Å². The van der Waals surface area contributed by atoms with Gasteiger partial charge in [-0.25, -0.2) is 9.13 Å². The van der Waals surface area contributed by atoms with E-state index in [-0.39, 0.29) is 13.1 Å². The third kappa shape index (κ3) is 5.57. The zero-order valence-electron chi connectivity index (χ0n) is 6.44. The molecular weight excluding hydrogens is 227 g/mol. The minimum atomic E-state index is 0.194. The van der Waals surface area contributed by atoms with Crippen molar-refractivity contribution in [3.8, 4) is 0 Å². The number of imidazole rings is 1. The number of aryl methyl sites for hydroxylation is 2. The number of hydrogen-bond donors (Lipinski definition) is 0. The Kier molecular flexibility index (Phi) is 7.18. The van der Waals surface area contributed by atoms with Crippen molar-refractivity contribution in [1.29, 1.82) is 0 Å². The number of aromatic nitrogens is 2. The Labute approximate surface area is 81.7 Å². The van der Waals surface area contributed by atoms with Gasteiger partial charge in [-0.3, -0.25) is 0 Å². The Morgan fingerprint density at radius 3 is 2.27 bits per heavy atom. The second-order valence-electron chi connectivity index (χ2n) is 1.96. The first-order valence-electron chi connectivity index (χ1n) is 3.10. The number of rotatable bonds is 1. The van der Waals surface area contributed by atoms with Gasteiger partial charge in [-0.05, 0) is 6.92 Å². The van der Waals surface area contributed by atoms with Crippen LogP contribution in [0.1, 0.15) is 6.92 Å². The van der Waals surface area contributed by atoms with Crippen molar-refractivity contribution in [2.24, 2.45) is 7.05 Å². The molecule has 0 bridgehead atoms. The molecule has 1 aromatic heterocycles. The molecule has 0 saturated heterocycles. The SMILES string of the molecule is CCn1cc[n+](C)c1.[Cl][Fe][Cl]. The maximum absolute atomic E-state index is 4.76. The van der Waals surface area contributed by atoms with Crippen LogP contribution in [0, 0.1) is 0 Å². The van der Waals surface area contributed by atoms with E-state index in [0.717, 1.165) is 6.54 Å². The topological polar surface area (TPSA) is 8.81 Å². The predicted molar refractivity (Wildman–Crippen MR) is 43.0 cm³/mol. The molecule has 0 atom stereocenters. The van der Waals surface area contributed by atoms with E-state index in [9.17, 15) is 0 Å². The molecule has 5 heteroatoms. The third-order valence-electron chi connectivity index (χ3n) is 1.19. The van der Waals surface area contributed by atoms with Crippen LogP contribution in [0.5, 0.6) is 0 Å². The average molecular weight is 238 g/mol. The number of halogens is 2. The first-order chi connectivity index (χ1) is 5.24. The van der Waals surface area contributed by atoms with Crippen molar-refractivity contribution in [2.75, 3.05) is 0 Å². The van der Waals surface area contributed by atoms with E-state index in [1.807, 2.05) is 17.8 Å². The summed E-state index contributed by atoms with van der Waals surface area (Å²) in [6.07, 6.45) is 6.14. The van der Waals surface area contributed by atoms with Gasteiger partial charge in [0.25, 0.3) is 0 Å². The molecule has 0 unspecified atom stereocenters. The van der Waals surface area contributed by atoms with Crippen LogP contribution >= 0.6 is 20.2 Å². The summed E-state index contributed by atoms with van der Waals surface area (Å²) in [5, 5.41) is 0. The van der Waals surface area contributed by atoms with Gasteiger partial charge < -0.3 is 0 Å². The van der Waals surface area contributed by atoms with Crippen LogP contribution in [0.15, 0.2) is 18.7 Å². The second kappa shape index (κ2) is 6.99. The van der Waals surface area contributed by atoms with Crippen molar-refractivity contribution in [3.05, 3.63) is 18.7 Å². The van der Waals surface area contributed by atoms with Gasteiger partial charge in [0.05, 0.1) is 13.6 Å². The van der Waals surface area contributed by atoms with Crippen molar-refractivity contribution in [1.82, 2.24) is 4.57 Å². The molecule has 66 valence electrons. The molecule has 1 heterocycles. The first-order valence-corrected chi connectivity index (χ1v) is 6.14. The molecule has 0 N–H and O–H groups in total. The zero-order chi connectivity index (χ0) is 8.69. The fraction of sp³-hybridized carbons (Fsp3) is 0.500. The Hall–Kier alpha value is 0.309. The third-order valence-corrected chi connectivity index (χ3v) is 1.19. The molecule has 11 heavy (non-hydrogen) atoms. The van der Waals surface area contributed by atoms with E-state index in [2.05, 4.69) is 24.0 Å². The summed E-state index contributed by atoms with van der Waals surface area (Å²) < 4.78 is 4.16. The van der Waals surface area contributed by atoms with Crippen LogP contribution in [0.2, 0.25) is 0 Å². The molecule has 0 amide bonds. The Balaban J connectivity index is 0.000000292. The average Bonchev–Trinajstić information content (AvgIpc) is 2.37. The molecule has 0 aliphatic heterocycles. The summed E-state index contributed by atoms with van der Waals surface area (Å²) in [6.45, 7) is 3.18. The van der Waals surface area contributed by atoms with Crippen molar-refractivity contribution in [3.63, 3.8) is 0 Å². The van der Waals surface area contributed by atoms with Crippen LogP contribution in [0.3, 0.4) is 0 Å². The van der Waals surface area contributed by atoms with Crippen molar-refractivity contribution < 1.29 is 17.7 Å². The van der Waals surface area contributed by atoms with Gasteiger partial charge in [0.15, 0.2) is 0 Å². The molecule has 0 aliphatic rings. The standard InChI is InChI=1S/C6H11N2.2ClH.Fe/c1-3-8-5-4-7(2)6-8;;;/h4-6H,3H2,1-2H3;2*1H;/q+1;;;+2/p-2. The van der Waals surface area contributed by atoms with E-state index in [4.69, 9.17) is 20.2 Å². The maximum atomic E-state index is 4.76. The first kappa shape index (κ1) is 11.3. The molecule has 1 rings (SSSR count). The Morgan fingerprint density at radius 1 is 1.55 bits per heavy atom. The van der Waals surface area contributed by atoms with E-state index < -0.39 is 0 Å². The van der Waals surface area contributed by atoms with E-state index >= 15 is 0 Å². The quantitative estimate of drug-likeness (QED) is 0.520. The molecular formula is C6H11Cl2FeN2+. The van der Waals surface area contributed by atoms with Gasteiger partial charge in [0, 0.05) is 0 Å². The number of hydrogen-bond acceptors (Lipinski definition) is 0. The predicted octanol–water partition coefficient (Wildman–Crippen LogP) is 1.71. The van der Waals surface area contributed by atoms with E-state index in [1.54, 1.807) is 0 Å². The van der Waals surface area contributed by atoms with Crippen LogP contribution in [-0.2, 0) is 26.7 Å². The van der Waals surface area contributed by atoms with Gasteiger partial charge in [0.2, 0.25) is 6.33 Å². The second-order valence-corrected chi connectivity index (χ2v) is 3.78. The van der Waals surface area contributed by atoms with Gasteiger partial charge in [-0.2, -0.15) is 0 Å². The molecule has 2 nitrogen and oxygen atoms in total. The van der Waals surface area contributed by atoms with E-state index in [1.165, 1.54) is 0 Å². The molecule has 0 radical (unpaired) electrons. The monoisotopic (exact) mass is 237 g/mol. The Morgan fingerprint density at radius 2 is 2.09 bits per heavy atom. The Bertz CT molecular complexity index is 190. The fourth-order valence-electron chi connectivity index (χ4n) is 0.689. The zero-order valence-corrected chi connectivity index (χ0v) is 9.06. The molecule has 0 spiro atoms. The van der Waals surface area contributed by atoms with Gasteiger partial charge >= 0.3 is 33.3 Å². The summed E-state index contributed by atoms with van der Waals surface area (Å²) in [7, 11) is 11.5. The summed E-state index contributed by atoms with van der Waals surface area (Å²) in [4.78, 5) is 0. The normalized spacial score (nSPS) is 9.09. The van der Waals surface area contributed by atoms with E-state index in [0.29, 0.717) is 0 Å². The van der Waals surface area contributed by atoms with Gasteiger partial charge in [-0.15, -0.1) is 0 Å². The van der Waals surface area contributed by atoms with Crippen LogP contribution in [-0.4, -0.2) is 4.57 Å². The molecule has 0 aliphatic carbocycles. The van der Waals surface area contributed by atoms with Crippen LogP contribution in [0.4, 0.5) is 0 Å². The van der Waals surface area contributed by atoms with Crippen molar-refractivity contribution >= 4 is 20.2 Å². The molecule has 0 saturated carbocycles. The number of nitrogens with zero attached hydrogens (tertiary/aromatic N) is 2. The fourth-order valence-corrected chi connectivity index (χ4v) is 0.689. The molecule has 0 aromatic carbocycles. The molecule has 1 aromatic rings. The molecule has 0 fully saturated rings. The van der Waals surface area contributed by atoms with Crippen LogP contribution < -0.4 is 4.57 Å². The summed E-state index contributed by atoms with van der Waals surface area (Å²) in [6, 6.07) is 0. The van der Waals surface area contributed by atoms with Gasteiger partial charge in [-0.1, -0.05) is 0 Å². The minimum absolute atomic E-state index is 0.194. The summed E-state index contributed by atoms with van der Waals surface area (Å²) in [5.41, 5.74) is 0. The summed E-state index contributed by atoms with van der Waals surface area (Å²) in [5.74, 6) is 0. The summed E-state index contributed by atoms with van der Waals surface area (Å²) >= 11 is 0.194. The van der Waals surface area contributed by atoms with Crippen LogP contribution in [0.25, 0.3) is 0 Å².